The van der Waals surface area contributed by atoms with Crippen LogP contribution in [0.1, 0.15) is 105 Å². The number of alkyl halides is 3. The molecule has 8 unspecified atom stereocenters. The molecule has 8 nitrogen and oxygen atoms in total. The van der Waals surface area contributed by atoms with Crippen LogP contribution in [0.15, 0.2) is 0 Å². The highest BCUT2D eigenvalue weighted by Crippen LogP contribution is 2.89. The van der Waals surface area contributed by atoms with Gasteiger partial charge >= 0.3 is 6.18 Å². The van der Waals surface area contributed by atoms with Gasteiger partial charge in [0.15, 0.2) is 12.3 Å². The average Bonchev–Trinajstić information content (AvgIpc) is 3.97. The van der Waals surface area contributed by atoms with Crippen LogP contribution in [0.4, 0.5) is 13.2 Å². The zero-order valence-corrected chi connectivity index (χ0v) is 30.6. The van der Waals surface area contributed by atoms with Crippen molar-refractivity contribution in [3.63, 3.8) is 0 Å². The van der Waals surface area contributed by atoms with E-state index in [9.17, 15) is 27.9 Å². The number of fused-ring (bicyclic) bond motifs is 4. The third-order valence-electron chi connectivity index (χ3n) is 16.7. The first kappa shape index (κ1) is 35.7. The number of aliphatic hydroxyl groups is 1. The summed E-state index contributed by atoms with van der Waals surface area (Å²) in [5, 5.41) is 14.8. The molecule has 2 N–H and O–H groups in total. The number of nitrogens with zero attached hydrogens (tertiary/aromatic N) is 1. The minimum absolute atomic E-state index is 0.0520. The second-order valence-electron chi connectivity index (χ2n) is 19.1. The molecule has 6 saturated carbocycles. The Hall–Kier alpha value is -1.27. The van der Waals surface area contributed by atoms with Gasteiger partial charge in [0, 0.05) is 24.9 Å². The molecule has 0 aromatic carbocycles. The summed E-state index contributed by atoms with van der Waals surface area (Å²) in [7, 11) is 0. The molecule has 2 heterocycles. The van der Waals surface area contributed by atoms with Gasteiger partial charge in [-0.05, 0) is 115 Å². The lowest BCUT2D eigenvalue weighted by atomic mass is 9.41. The van der Waals surface area contributed by atoms with Crippen molar-refractivity contribution in [1.29, 1.82) is 0 Å². The molecule has 6 aliphatic carbocycles. The third-order valence-corrected chi connectivity index (χ3v) is 16.7. The molecule has 8 fully saturated rings. The first-order valence-corrected chi connectivity index (χ1v) is 19.7. The van der Waals surface area contributed by atoms with Crippen molar-refractivity contribution in [3.05, 3.63) is 0 Å². The average molecular weight is 709 g/mol. The van der Waals surface area contributed by atoms with E-state index >= 15 is 0 Å². The number of amides is 1. The second-order valence-corrected chi connectivity index (χ2v) is 19.1. The molecule has 11 heteroatoms. The summed E-state index contributed by atoms with van der Waals surface area (Å²) in [6.45, 7) is 13.2. The quantitative estimate of drug-likeness (QED) is 0.304. The lowest BCUT2D eigenvalue weighted by molar-refractivity contribution is -0.248. The largest absolute Gasteiger partial charge is 0.410 e. The van der Waals surface area contributed by atoms with E-state index < -0.39 is 30.5 Å². The van der Waals surface area contributed by atoms with Crippen LogP contribution in [0.2, 0.25) is 0 Å². The summed E-state index contributed by atoms with van der Waals surface area (Å²) in [6.07, 6.45) is 4.41. The van der Waals surface area contributed by atoms with Gasteiger partial charge in [-0.2, -0.15) is 13.2 Å². The van der Waals surface area contributed by atoms with Crippen molar-refractivity contribution < 1.29 is 42.1 Å². The van der Waals surface area contributed by atoms with Gasteiger partial charge in [-0.25, -0.2) is 0 Å². The number of nitrogens with one attached hydrogen (secondary N) is 1. The van der Waals surface area contributed by atoms with Gasteiger partial charge in [-0.15, -0.1) is 0 Å². The van der Waals surface area contributed by atoms with Gasteiger partial charge < -0.3 is 29.0 Å². The first-order valence-electron chi connectivity index (χ1n) is 19.7. The van der Waals surface area contributed by atoms with E-state index in [0.717, 1.165) is 38.5 Å². The Morgan fingerprint density at radius 1 is 1.06 bits per heavy atom. The predicted molar refractivity (Wildman–Crippen MR) is 179 cm³/mol. The van der Waals surface area contributed by atoms with E-state index in [-0.39, 0.29) is 70.0 Å². The minimum Gasteiger partial charge on any atom is -0.390 e. The van der Waals surface area contributed by atoms with Crippen molar-refractivity contribution >= 4 is 12.2 Å². The first-order chi connectivity index (χ1) is 23.5. The van der Waals surface area contributed by atoms with E-state index in [1.807, 2.05) is 4.90 Å². The molecular formula is C39H59F3N2O6. The third kappa shape index (κ3) is 5.08. The molecule has 14 atom stereocenters. The molecule has 2 aliphatic heterocycles. The van der Waals surface area contributed by atoms with Crippen molar-refractivity contribution in [1.82, 2.24) is 10.2 Å². The molecule has 2 saturated heterocycles. The van der Waals surface area contributed by atoms with E-state index in [1.165, 1.54) is 19.3 Å². The number of hydrogen-bond donors (Lipinski definition) is 2. The molecule has 50 heavy (non-hydrogen) atoms. The molecule has 8 aliphatic rings. The topological polar surface area (TPSA) is 97.3 Å². The second kappa shape index (κ2) is 11.9. The summed E-state index contributed by atoms with van der Waals surface area (Å²) in [5.41, 5.74) is -0.185. The Balaban J connectivity index is 0.975. The number of morpholine rings is 1. The van der Waals surface area contributed by atoms with Crippen molar-refractivity contribution in [2.24, 2.45) is 56.7 Å². The molecule has 0 aromatic rings. The number of aldehydes is 1. The SMILES string of the molecule is C[C@@H]1CC(CNC(C=O)C(F)(F)F)OC2[C@H]1C1(C)CCC34CC35CCC(O[C@H]3CN(C(=O)CC6CC6)CCO3)C(C)(C)[C@@H]5CCC4[C@]1(C)[C@H]2O. The van der Waals surface area contributed by atoms with E-state index in [1.54, 1.807) is 0 Å². The Morgan fingerprint density at radius 3 is 2.48 bits per heavy atom. The van der Waals surface area contributed by atoms with Gasteiger partial charge in [0.2, 0.25) is 5.91 Å². The van der Waals surface area contributed by atoms with Crippen molar-refractivity contribution in [2.45, 2.75) is 148 Å². The fourth-order valence-electron chi connectivity index (χ4n) is 14.1. The summed E-state index contributed by atoms with van der Waals surface area (Å²) in [5.74, 6) is 1.95. The fraction of sp³-hybridized carbons (Fsp3) is 0.949. The van der Waals surface area contributed by atoms with E-state index in [2.05, 4.69) is 39.9 Å². The molecule has 0 aromatic heterocycles. The van der Waals surface area contributed by atoms with Gasteiger partial charge in [0.1, 0.15) is 6.29 Å². The number of aliphatic hydroxyl groups excluding tert-OH is 1. The highest BCUT2D eigenvalue weighted by atomic mass is 19.4. The molecule has 2 spiro atoms. The van der Waals surface area contributed by atoms with Crippen molar-refractivity contribution in [2.75, 3.05) is 26.2 Å². The zero-order valence-electron chi connectivity index (χ0n) is 30.6. The van der Waals surface area contributed by atoms with E-state index in [4.69, 9.17) is 14.2 Å². The highest BCUT2D eigenvalue weighted by molar-refractivity contribution is 5.76. The van der Waals surface area contributed by atoms with Gasteiger partial charge in [0.25, 0.3) is 0 Å². The summed E-state index contributed by atoms with van der Waals surface area (Å²) >= 11 is 0. The molecule has 8 rings (SSSR count). The van der Waals surface area contributed by atoms with Gasteiger partial charge in [0.05, 0.1) is 37.6 Å². The number of hydrogen-bond acceptors (Lipinski definition) is 7. The Morgan fingerprint density at radius 2 is 1.78 bits per heavy atom. The molecule has 1 amide bonds. The Kier molecular flexibility index (Phi) is 8.48. The lowest BCUT2D eigenvalue weighted by Crippen LogP contribution is -2.60. The fourth-order valence-corrected chi connectivity index (χ4v) is 14.1. The maximum absolute atomic E-state index is 13.3. The maximum atomic E-state index is 13.3. The van der Waals surface area contributed by atoms with E-state index in [0.29, 0.717) is 50.3 Å². The highest BCUT2D eigenvalue weighted by Gasteiger charge is 2.84. The van der Waals surface area contributed by atoms with Gasteiger partial charge in [-0.1, -0.05) is 34.6 Å². The minimum atomic E-state index is -4.65. The van der Waals surface area contributed by atoms with Crippen LogP contribution in [0.25, 0.3) is 0 Å². The number of rotatable bonds is 8. The van der Waals surface area contributed by atoms with Crippen LogP contribution in [-0.4, -0.2) is 91.4 Å². The summed E-state index contributed by atoms with van der Waals surface area (Å²) in [6, 6.07) is -2.22. The van der Waals surface area contributed by atoms with Crippen LogP contribution < -0.4 is 5.32 Å². The van der Waals surface area contributed by atoms with Crippen molar-refractivity contribution in [3.8, 4) is 0 Å². The molecule has 0 bridgehead atoms. The smallest absolute Gasteiger partial charge is 0.390 e. The Bertz CT molecular complexity index is 1360. The Labute approximate surface area is 295 Å². The normalized spacial score (nSPS) is 49.9. The number of carbonyl (C=O) groups is 2. The van der Waals surface area contributed by atoms with Crippen LogP contribution in [0.3, 0.4) is 0 Å². The monoisotopic (exact) mass is 708 g/mol. The molecule has 282 valence electrons. The number of ether oxygens (including phenoxy) is 3. The predicted octanol–water partition coefficient (Wildman–Crippen LogP) is 5.89. The summed E-state index contributed by atoms with van der Waals surface area (Å²) < 4.78 is 59.4. The number of carbonyl (C=O) groups excluding carboxylic acids is 2. The summed E-state index contributed by atoms with van der Waals surface area (Å²) in [4.78, 5) is 26.0. The standard InChI is InChI=1S/C39H59F3N2O6/c1-22-16-24(18-43-27(20-45)39(40,41)42)49-32-31(22)35(4)12-13-38-21-37(38)11-10-28(34(2,3)25(37)8-9-26(38)36(35,5)33(32)47)50-30-19-44(14-15-48-30)29(46)17-23-6-7-23/h20,22-28,30-33,43,47H,6-19,21H2,1-5H3/t22-,24?,25+,26?,27?,28?,30+,31+,32?,33+,35?,36-,37?,38?/m1/s1. The molecule has 0 radical (unpaired) electrons. The van der Waals surface area contributed by atoms with Crippen LogP contribution >= 0.6 is 0 Å². The van der Waals surface area contributed by atoms with Crippen LogP contribution in [0.5, 0.6) is 0 Å². The molecular weight excluding hydrogens is 649 g/mol. The van der Waals surface area contributed by atoms with Crippen LogP contribution in [0, 0.1) is 56.7 Å². The number of halogens is 3. The van der Waals surface area contributed by atoms with Gasteiger partial charge in [-0.3, -0.25) is 10.1 Å². The zero-order chi connectivity index (χ0) is 35.6. The maximum Gasteiger partial charge on any atom is 0.410 e. The lowest BCUT2D eigenvalue weighted by Gasteiger charge is -2.64. The van der Waals surface area contributed by atoms with Crippen LogP contribution in [-0.2, 0) is 23.8 Å².